The van der Waals surface area contributed by atoms with Crippen LogP contribution in [0.1, 0.15) is 16.8 Å². The smallest absolute Gasteiger partial charge is 0.164 e. The van der Waals surface area contributed by atoms with Gasteiger partial charge in [0.05, 0.1) is 0 Å². The van der Waals surface area contributed by atoms with Crippen molar-refractivity contribution in [2.24, 2.45) is 0 Å². The van der Waals surface area contributed by atoms with E-state index in [1.807, 2.05) is 55.4 Å². The normalized spacial score (nSPS) is 10.9. The average molecular weight is 314 g/mol. The maximum absolute atomic E-state index is 12.6. The van der Waals surface area contributed by atoms with E-state index in [4.69, 9.17) is 0 Å². The van der Waals surface area contributed by atoms with Crippen LogP contribution in [0.2, 0.25) is 0 Å². The lowest BCUT2D eigenvalue weighted by molar-refractivity contribution is 0.0974. The van der Waals surface area contributed by atoms with Crippen molar-refractivity contribution in [1.82, 2.24) is 4.90 Å². The lowest BCUT2D eigenvalue weighted by Crippen LogP contribution is -2.16. The van der Waals surface area contributed by atoms with Gasteiger partial charge in [0.25, 0.3) is 0 Å². The summed E-state index contributed by atoms with van der Waals surface area (Å²) in [6, 6.07) is 18.5. The van der Waals surface area contributed by atoms with Crippen molar-refractivity contribution in [1.29, 1.82) is 0 Å². The number of nitrogens with zero attached hydrogens (tertiary/aromatic N) is 1. The van der Waals surface area contributed by atoms with Crippen LogP contribution in [0, 0.1) is 0 Å². The number of hydrogen-bond acceptors (Lipinski definition) is 2. The predicted molar refractivity (Wildman–Crippen MR) is 96.2 cm³/mol. The molecule has 2 nitrogen and oxygen atoms in total. The van der Waals surface area contributed by atoms with E-state index in [9.17, 15) is 4.79 Å². The van der Waals surface area contributed by atoms with Gasteiger partial charge in [-0.25, -0.2) is 0 Å². The van der Waals surface area contributed by atoms with Crippen LogP contribution < -0.4 is 0 Å². The zero-order chi connectivity index (χ0) is 14.8. The monoisotopic (exact) mass is 313 g/mol. The molecule has 3 aromatic rings. The molecule has 0 radical (unpaired) electrons. The van der Waals surface area contributed by atoms with Crippen molar-refractivity contribution in [3.8, 4) is 0 Å². The van der Waals surface area contributed by atoms with Crippen LogP contribution >= 0.6 is 12.4 Å². The number of rotatable bonds is 4. The second-order valence-corrected chi connectivity index (χ2v) is 5.67. The minimum absolute atomic E-state index is 0. The zero-order valence-corrected chi connectivity index (χ0v) is 13.7. The molecule has 114 valence electrons. The Morgan fingerprint density at radius 2 is 1.50 bits per heavy atom. The highest BCUT2D eigenvalue weighted by molar-refractivity contribution is 6.17. The van der Waals surface area contributed by atoms with Crippen LogP contribution in [-0.4, -0.2) is 31.3 Å². The largest absolute Gasteiger partial charge is 0.309 e. The number of fused-ring (bicyclic) bond motifs is 3. The number of ketones is 1. The van der Waals surface area contributed by atoms with E-state index in [0.717, 1.165) is 28.3 Å². The summed E-state index contributed by atoms with van der Waals surface area (Å²) >= 11 is 0. The number of carbonyl (C=O) groups is 1. The summed E-state index contributed by atoms with van der Waals surface area (Å²) in [6.45, 7) is 0.778. The molecular formula is C19H20ClNO. The van der Waals surface area contributed by atoms with Gasteiger partial charge in [0.15, 0.2) is 5.78 Å². The van der Waals surface area contributed by atoms with Crippen molar-refractivity contribution in [3.05, 3.63) is 60.2 Å². The highest BCUT2D eigenvalue weighted by Gasteiger charge is 2.12. The molecular weight excluding hydrogens is 294 g/mol. The Bertz CT molecular complexity index is 811. The minimum atomic E-state index is 0. The fraction of sp³-hybridized carbons (Fsp3) is 0.211. The highest BCUT2D eigenvalue weighted by atomic mass is 35.5. The second-order valence-electron chi connectivity index (χ2n) is 5.67. The molecule has 0 saturated heterocycles. The van der Waals surface area contributed by atoms with Gasteiger partial charge in [-0.15, -0.1) is 12.4 Å². The van der Waals surface area contributed by atoms with Gasteiger partial charge in [0.1, 0.15) is 0 Å². The van der Waals surface area contributed by atoms with Gasteiger partial charge in [-0.2, -0.15) is 0 Å². The molecule has 0 aromatic heterocycles. The van der Waals surface area contributed by atoms with Crippen LogP contribution in [0.5, 0.6) is 0 Å². The molecule has 3 rings (SSSR count). The van der Waals surface area contributed by atoms with Gasteiger partial charge < -0.3 is 4.90 Å². The molecule has 0 N–H and O–H groups in total. The molecule has 0 heterocycles. The highest BCUT2D eigenvalue weighted by Crippen LogP contribution is 2.29. The van der Waals surface area contributed by atoms with E-state index in [0.29, 0.717) is 6.42 Å². The maximum atomic E-state index is 12.6. The molecule has 0 unspecified atom stereocenters. The number of Topliss-reactive ketones (excluding diaryl/α,β-unsaturated/α-hetero) is 1. The van der Waals surface area contributed by atoms with Gasteiger partial charge >= 0.3 is 0 Å². The summed E-state index contributed by atoms with van der Waals surface area (Å²) in [4.78, 5) is 14.6. The molecule has 0 atom stereocenters. The first-order valence-electron chi connectivity index (χ1n) is 7.25. The summed E-state index contributed by atoms with van der Waals surface area (Å²) in [5.41, 5.74) is 0.839. The summed E-state index contributed by atoms with van der Waals surface area (Å²) in [6.07, 6.45) is 0.551. The molecule has 0 aliphatic rings. The Morgan fingerprint density at radius 1 is 0.909 bits per heavy atom. The summed E-state index contributed by atoms with van der Waals surface area (Å²) in [5, 5.41) is 4.55. The molecule has 0 aliphatic carbocycles. The van der Waals surface area contributed by atoms with Crippen molar-refractivity contribution in [2.45, 2.75) is 6.42 Å². The third kappa shape index (κ3) is 3.13. The van der Waals surface area contributed by atoms with Crippen LogP contribution in [0.15, 0.2) is 54.6 Å². The lowest BCUT2D eigenvalue weighted by Gasteiger charge is -2.12. The van der Waals surface area contributed by atoms with E-state index in [1.165, 1.54) is 5.39 Å². The summed E-state index contributed by atoms with van der Waals surface area (Å²) in [7, 11) is 3.98. The number of carbonyl (C=O) groups excluding carboxylic acids is 1. The molecule has 0 saturated carbocycles. The first-order valence-corrected chi connectivity index (χ1v) is 7.25. The Morgan fingerprint density at radius 3 is 2.18 bits per heavy atom. The molecule has 3 aromatic carbocycles. The minimum Gasteiger partial charge on any atom is -0.309 e. The molecule has 22 heavy (non-hydrogen) atoms. The average Bonchev–Trinajstić information content (AvgIpc) is 2.51. The predicted octanol–water partition coefficient (Wildman–Crippen LogP) is 4.55. The van der Waals surface area contributed by atoms with Gasteiger partial charge in [-0.05, 0) is 41.7 Å². The number of halogens is 1. The molecule has 0 aliphatic heterocycles. The van der Waals surface area contributed by atoms with Gasteiger partial charge in [-0.1, -0.05) is 48.5 Å². The fourth-order valence-electron chi connectivity index (χ4n) is 2.74. The van der Waals surface area contributed by atoms with Gasteiger partial charge in [0.2, 0.25) is 0 Å². The fourth-order valence-corrected chi connectivity index (χ4v) is 2.74. The molecule has 3 heteroatoms. The standard InChI is InChI=1S/C19H19NO.ClH/c1-20(2)12-11-19(21)18-13-14-7-3-4-8-15(14)16-9-5-6-10-17(16)18;/h3-10,13H,11-12H2,1-2H3;1H. The second kappa shape index (κ2) is 6.91. The van der Waals surface area contributed by atoms with Crippen molar-refractivity contribution >= 4 is 39.7 Å². The summed E-state index contributed by atoms with van der Waals surface area (Å²) in [5.74, 6) is 0.214. The Hall–Kier alpha value is -1.90. The third-order valence-corrected chi connectivity index (χ3v) is 3.85. The molecule has 0 spiro atoms. The Labute approximate surface area is 137 Å². The first-order chi connectivity index (χ1) is 10.2. The zero-order valence-electron chi connectivity index (χ0n) is 12.9. The molecule has 0 amide bonds. The Kier molecular flexibility index (Phi) is 5.17. The van der Waals surface area contributed by atoms with Gasteiger partial charge in [-0.3, -0.25) is 4.79 Å². The SMILES string of the molecule is CN(C)CCC(=O)c1cc2ccccc2c2ccccc12.Cl. The van der Waals surface area contributed by atoms with Crippen LogP contribution in [-0.2, 0) is 0 Å². The van der Waals surface area contributed by atoms with Crippen LogP contribution in [0.4, 0.5) is 0 Å². The van der Waals surface area contributed by atoms with E-state index < -0.39 is 0 Å². The third-order valence-electron chi connectivity index (χ3n) is 3.85. The number of benzene rings is 3. The molecule has 0 fully saturated rings. The van der Waals surface area contributed by atoms with Crippen molar-refractivity contribution in [3.63, 3.8) is 0 Å². The van der Waals surface area contributed by atoms with Crippen LogP contribution in [0.25, 0.3) is 21.5 Å². The summed E-state index contributed by atoms with van der Waals surface area (Å²) < 4.78 is 0. The van der Waals surface area contributed by atoms with Crippen molar-refractivity contribution in [2.75, 3.05) is 20.6 Å². The maximum Gasteiger partial charge on any atom is 0.164 e. The quantitative estimate of drug-likeness (QED) is 0.520. The van der Waals surface area contributed by atoms with E-state index in [1.54, 1.807) is 0 Å². The van der Waals surface area contributed by atoms with E-state index in [2.05, 4.69) is 18.2 Å². The first kappa shape index (κ1) is 16.5. The van der Waals surface area contributed by atoms with Crippen molar-refractivity contribution < 1.29 is 4.79 Å². The van der Waals surface area contributed by atoms with Crippen LogP contribution in [0.3, 0.4) is 0 Å². The Balaban J connectivity index is 0.00000176. The van der Waals surface area contributed by atoms with Gasteiger partial charge in [0, 0.05) is 18.5 Å². The van der Waals surface area contributed by atoms with E-state index in [-0.39, 0.29) is 18.2 Å². The van der Waals surface area contributed by atoms with E-state index >= 15 is 0 Å². The number of hydrogen-bond donors (Lipinski definition) is 0. The molecule has 0 bridgehead atoms. The topological polar surface area (TPSA) is 20.3 Å². The lowest BCUT2D eigenvalue weighted by atomic mass is 9.94.